The Morgan fingerprint density at radius 2 is 1.97 bits per heavy atom. The van der Waals surface area contributed by atoms with E-state index in [2.05, 4.69) is 27.3 Å². The molecule has 0 aliphatic carbocycles. The van der Waals surface area contributed by atoms with Crippen molar-refractivity contribution < 1.29 is 14.2 Å². The molecule has 1 aromatic heterocycles. The van der Waals surface area contributed by atoms with Crippen molar-refractivity contribution in [3.8, 4) is 22.8 Å². The second-order valence-corrected chi connectivity index (χ2v) is 9.12. The largest absolute Gasteiger partial charge is 0.493 e. The molecule has 7 nitrogen and oxygen atoms in total. The summed E-state index contributed by atoms with van der Waals surface area (Å²) >= 11 is 0. The first kappa shape index (κ1) is 24.3. The van der Waals surface area contributed by atoms with Crippen molar-refractivity contribution in [2.45, 2.75) is 32.3 Å². The summed E-state index contributed by atoms with van der Waals surface area (Å²) in [4.78, 5) is 11.7. The lowest BCUT2D eigenvalue weighted by Crippen LogP contribution is -2.22. The van der Waals surface area contributed by atoms with Gasteiger partial charge in [0.25, 0.3) is 0 Å². The zero-order valence-corrected chi connectivity index (χ0v) is 20.7. The van der Waals surface area contributed by atoms with Gasteiger partial charge in [-0.15, -0.1) is 0 Å². The number of aromatic nitrogens is 2. The Morgan fingerprint density at radius 3 is 2.92 bits per heavy atom. The van der Waals surface area contributed by atoms with Crippen molar-refractivity contribution in [2.24, 2.45) is 0 Å². The molecule has 2 aliphatic heterocycles. The third-order valence-corrected chi connectivity index (χ3v) is 6.37. The predicted octanol–water partition coefficient (Wildman–Crippen LogP) is 5.61. The molecule has 1 fully saturated rings. The number of ether oxygens (including phenoxy) is 3. The van der Waals surface area contributed by atoms with Gasteiger partial charge in [0.1, 0.15) is 11.5 Å². The van der Waals surface area contributed by atoms with E-state index < -0.39 is 0 Å². The van der Waals surface area contributed by atoms with Crippen LogP contribution in [0, 0.1) is 0 Å². The van der Waals surface area contributed by atoms with Gasteiger partial charge in [-0.05, 0) is 75.2 Å². The van der Waals surface area contributed by atoms with Gasteiger partial charge in [0.05, 0.1) is 32.1 Å². The van der Waals surface area contributed by atoms with E-state index in [0.29, 0.717) is 32.4 Å². The van der Waals surface area contributed by atoms with E-state index in [0.717, 1.165) is 53.4 Å². The molecule has 3 heterocycles. The molecule has 0 unspecified atom stereocenters. The van der Waals surface area contributed by atoms with E-state index in [1.807, 2.05) is 48.5 Å². The van der Waals surface area contributed by atoms with E-state index in [-0.39, 0.29) is 0 Å². The summed E-state index contributed by atoms with van der Waals surface area (Å²) in [5.41, 5.74) is 3.72. The molecule has 36 heavy (non-hydrogen) atoms. The normalized spacial score (nSPS) is 17.3. The molecule has 0 spiro atoms. The fourth-order valence-corrected chi connectivity index (χ4v) is 4.51. The van der Waals surface area contributed by atoms with Crippen LogP contribution in [0.3, 0.4) is 0 Å². The van der Waals surface area contributed by atoms with Crippen LogP contribution in [-0.2, 0) is 11.3 Å². The van der Waals surface area contributed by atoms with Gasteiger partial charge in [0.2, 0.25) is 5.95 Å². The van der Waals surface area contributed by atoms with Crippen molar-refractivity contribution in [2.75, 3.05) is 44.8 Å². The maximum absolute atomic E-state index is 6.18. The van der Waals surface area contributed by atoms with E-state index in [1.165, 1.54) is 25.9 Å². The third-order valence-electron chi connectivity index (χ3n) is 6.37. The van der Waals surface area contributed by atoms with Gasteiger partial charge in [-0.3, -0.25) is 0 Å². The van der Waals surface area contributed by atoms with Gasteiger partial charge >= 0.3 is 0 Å². The average Bonchev–Trinajstić information content (AvgIpc) is 3.43. The minimum atomic E-state index is 0.462. The zero-order chi connectivity index (χ0) is 24.4. The van der Waals surface area contributed by atoms with E-state index in [9.17, 15) is 0 Å². The predicted molar refractivity (Wildman–Crippen MR) is 142 cm³/mol. The van der Waals surface area contributed by atoms with Crippen LogP contribution in [0.15, 0.2) is 66.9 Å². The highest BCUT2D eigenvalue weighted by molar-refractivity contribution is 5.64. The fraction of sp³-hybridized carbons (Fsp3) is 0.379. The van der Waals surface area contributed by atoms with Crippen molar-refractivity contribution in [3.05, 3.63) is 72.4 Å². The molecule has 5 rings (SSSR count). The highest BCUT2D eigenvalue weighted by Gasteiger charge is 2.12. The first-order valence-corrected chi connectivity index (χ1v) is 12.9. The summed E-state index contributed by atoms with van der Waals surface area (Å²) in [6.07, 6.45) is 10.4. The van der Waals surface area contributed by atoms with Gasteiger partial charge in [0.15, 0.2) is 0 Å². The van der Waals surface area contributed by atoms with E-state index >= 15 is 0 Å². The smallest absolute Gasteiger partial charge is 0.227 e. The lowest BCUT2D eigenvalue weighted by molar-refractivity contribution is 0.144. The molecule has 188 valence electrons. The number of fused-ring (bicyclic) bond motifs is 7. The van der Waals surface area contributed by atoms with Crippen LogP contribution in [0.25, 0.3) is 11.3 Å². The minimum Gasteiger partial charge on any atom is -0.493 e. The van der Waals surface area contributed by atoms with Gasteiger partial charge in [-0.1, -0.05) is 24.3 Å². The molecule has 0 amide bonds. The molecule has 0 atom stereocenters. The quantitative estimate of drug-likeness (QED) is 0.371. The van der Waals surface area contributed by atoms with Gasteiger partial charge in [0, 0.05) is 29.6 Å². The second-order valence-electron chi connectivity index (χ2n) is 9.12. The van der Waals surface area contributed by atoms with Crippen LogP contribution < -0.4 is 14.8 Å². The summed E-state index contributed by atoms with van der Waals surface area (Å²) in [5.74, 6) is 2.22. The van der Waals surface area contributed by atoms with Crippen LogP contribution in [-0.4, -0.2) is 54.3 Å². The first-order chi connectivity index (χ1) is 17.8. The van der Waals surface area contributed by atoms with Crippen molar-refractivity contribution in [3.63, 3.8) is 0 Å². The highest BCUT2D eigenvalue weighted by Crippen LogP contribution is 2.27. The molecule has 2 aromatic carbocycles. The first-order valence-electron chi connectivity index (χ1n) is 12.9. The second kappa shape index (κ2) is 12.5. The van der Waals surface area contributed by atoms with Gasteiger partial charge in [-0.2, -0.15) is 0 Å². The Balaban J connectivity index is 1.33. The number of hydrogen-bond donors (Lipinski definition) is 1. The maximum Gasteiger partial charge on any atom is 0.227 e. The number of benzene rings is 2. The van der Waals surface area contributed by atoms with Crippen LogP contribution in [0.4, 0.5) is 11.6 Å². The molecular weight excluding hydrogens is 452 g/mol. The van der Waals surface area contributed by atoms with Crippen LogP contribution in [0.5, 0.6) is 11.5 Å². The number of likely N-dealkylation sites (tertiary alicyclic amines) is 1. The Kier molecular flexibility index (Phi) is 8.44. The standard InChI is InChI=1S/C29H34N4O3/c1-4-17-34-22-24-20-25(10-11-28(24)36-19-7-16-33-14-2-3-15-33)31-29-30-13-12-27(32-29)23-8-6-9-26(21-23)35-18-5-1/h1,4,6,8-13,20-21H,2-3,5,7,14-19,22H2,(H,30,31,32)/b4-1+. The van der Waals surface area contributed by atoms with Crippen molar-refractivity contribution >= 4 is 11.6 Å². The Bertz CT molecular complexity index is 1160. The molecule has 0 saturated carbocycles. The third kappa shape index (κ3) is 6.83. The SMILES string of the molecule is C1=C/COCc2cc(ccc2OCCCN2CCCC2)Nc2nccc(n2)-c2cccc(c2)OCC/1. The fourth-order valence-electron chi connectivity index (χ4n) is 4.51. The topological polar surface area (TPSA) is 68.7 Å². The monoisotopic (exact) mass is 486 g/mol. The number of nitrogens with zero attached hydrogens (tertiary/aromatic N) is 3. The lowest BCUT2D eigenvalue weighted by Gasteiger charge is -2.16. The van der Waals surface area contributed by atoms with Crippen molar-refractivity contribution in [1.29, 1.82) is 0 Å². The molecule has 2 aliphatic rings. The maximum atomic E-state index is 6.18. The van der Waals surface area contributed by atoms with Crippen LogP contribution in [0.2, 0.25) is 0 Å². The minimum absolute atomic E-state index is 0.462. The van der Waals surface area contributed by atoms with E-state index in [1.54, 1.807) is 6.20 Å². The molecule has 7 heteroatoms. The van der Waals surface area contributed by atoms with Crippen molar-refractivity contribution in [1.82, 2.24) is 14.9 Å². The number of hydrogen-bond acceptors (Lipinski definition) is 7. The number of nitrogens with one attached hydrogen (secondary N) is 1. The molecule has 1 saturated heterocycles. The summed E-state index contributed by atoms with van der Waals surface area (Å²) in [6.45, 7) is 5.82. The summed E-state index contributed by atoms with van der Waals surface area (Å²) in [5, 5.41) is 3.34. The van der Waals surface area contributed by atoms with Crippen LogP contribution in [0.1, 0.15) is 31.2 Å². The van der Waals surface area contributed by atoms with Gasteiger partial charge < -0.3 is 24.4 Å². The zero-order valence-electron chi connectivity index (χ0n) is 20.7. The molecule has 6 bridgehead atoms. The Hall–Kier alpha value is -3.42. The lowest BCUT2D eigenvalue weighted by atomic mass is 10.1. The van der Waals surface area contributed by atoms with Gasteiger partial charge in [-0.25, -0.2) is 9.97 Å². The summed E-state index contributed by atoms with van der Waals surface area (Å²) < 4.78 is 18.1. The Morgan fingerprint density at radius 1 is 1.03 bits per heavy atom. The average molecular weight is 487 g/mol. The van der Waals surface area contributed by atoms with Crippen LogP contribution >= 0.6 is 0 Å². The number of anilines is 2. The molecule has 3 aromatic rings. The summed E-state index contributed by atoms with van der Waals surface area (Å²) in [6, 6.07) is 16.0. The summed E-state index contributed by atoms with van der Waals surface area (Å²) in [7, 11) is 0. The Labute approximate surface area is 213 Å². The molecular formula is C29H34N4O3. The molecule has 0 radical (unpaired) electrons. The molecule has 1 N–H and O–H groups in total. The highest BCUT2D eigenvalue weighted by atomic mass is 16.5. The number of rotatable bonds is 5. The van der Waals surface area contributed by atoms with E-state index in [4.69, 9.17) is 19.2 Å².